The van der Waals surface area contributed by atoms with Gasteiger partial charge in [0, 0.05) is 0 Å². The van der Waals surface area contributed by atoms with Crippen molar-refractivity contribution in [2.24, 2.45) is 0 Å². The standard InChI is InChI=1S/C11H22O2/c1-10(2)12-8-9-13-11-6-4-3-5-7-11/h10-11H,3-9H2,1-2H3. The van der Waals surface area contributed by atoms with E-state index < -0.39 is 0 Å². The van der Waals surface area contributed by atoms with Crippen molar-refractivity contribution < 1.29 is 9.47 Å². The summed E-state index contributed by atoms with van der Waals surface area (Å²) in [6.45, 7) is 5.62. The fourth-order valence-corrected chi connectivity index (χ4v) is 1.73. The van der Waals surface area contributed by atoms with Crippen LogP contribution in [-0.4, -0.2) is 25.4 Å². The number of rotatable bonds is 5. The highest BCUT2D eigenvalue weighted by molar-refractivity contribution is 4.64. The van der Waals surface area contributed by atoms with Crippen molar-refractivity contribution in [3.05, 3.63) is 0 Å². The SMILES string of the molecule is CC(C)OCCOC1CCCCC1. The van der Waals surface area contributed by atoms with Crippen LogP contribution in [0.5, 0.6) is 0 Å². The van der Waals surface area contributed by atoms with Crippen molar-refractivity contribution in [3.8, 4) is 0 Å². The van der Waals surface area contributed by atoms with Gasteiger partial charge in [0.05, 0.1) is 25.4 Å². The summed E-state index contributed by atoms with van der Waals surface area (Å²) in [5, 5.41) is 0. The minimum atomic E-state index is 0.329. The Hall–Kier alpha value is -0.0800. The third kappa shape index (κ3) is 5.27. The maximum absolute atomic E-state index is 5.71. The average molecular weight is 186 g/mol. The van der Waals surface area contributed by atoms with E-state index in [4.69, 9.17) is 9.47 Å². The number of hydrogen-bond acceptors (Lipinski definition) is 2. The van der Waals surface area contributed by atoms with Gasteiger partial charge in [-0.05, 0) is 26.7 Å². The number of ether oxygens (including phenoxy) is 2. The molecule has 13 heavy (non-hydrogen) atoms. The molecule has 0 unspecified atom stereocenters. The zero-order chi connectivity index (χ0) is 9.52. The van der Waals surface area contributed by atoms with Crippen LogP contribution in [0.1, 0.15) is 46.0 Å². The van der Waals surface area contributed by atoms with Crippen LogP contribution >= 0.6 is 0 Å². The lowest BCUT2D eigenvalue weighted by Gasteiger charge is -2.22. The molecule has 0 spiro atoms. The van der Waals surface area contributed by atoms with Crippen LogP contribution in [0, 0.1) is 0 Å². The smallest absolute Gasteiger partial charge is 0.0704 e. The first-order chi connectivity index (χ1) is 6.29. The average Bonchev–Trinajstić information content (AvgIpc) is 2.14. The Balaban J connectivity index is 1.92. The van der Waals surface area contributed by atoms with Crippen LogP contribution < -0.4 is 0 Å². The first-order valence-corrected chi connectivity index (χ1v) is 5.52. The van der Waals surface area contributed by atoms with E-state index in [0.717, 1.165) is 13.2 Å². The third-order valence-electron chi connectivity index (χ3n) is 2.44. The molecule has 0 aromatic rings. The monoisotopic (exact) mass is 186 g/mol. The van der Waals surface area contributed by atoms with Crippen molar-refractivity contribution in [1.29, 1.82) is 0 Å². The van der Waals surface area contributed by atoms with Crippen LogP contribution in [0.2, 0.25) is 0 Å². The molecule has 0 N–H and O–H groups in total. The van der Waals surface area contributed by atoms with E-state index in [9.17, 15) is 0 Å². The van der Waals surface area contributed by atoms with Crippen LogP contribution in [0.15, 0.2) is 0 Å². The van der Waals surface area contributed by atoms with Gasteiger partial charge in [-0.15, -0.1) is 0 Å². The first kappa shape index (κ1) is 11.0. The molecule has 78 valence electrons. The predicted octanol–water partition coefficient (Wildman–Crippen LogP) is 2.76. The van der Waals surface area contributed by atoms with Crippen LogP contribution in [0.25, 0.3) is 0 Å². The van der Waals surface area contributed by atoms with Crippen molar-refractivity contribution in [2.45, 2.75) is 58.2 Å². The predicted molar refractivity (Wildman–Crippen MR) is 53.9 cm³/mol. The van der Waals surface area contributed by atoms with Gasteiger partial charge in [-0.25, -0.2) is 0 Å². The minimum absolute atomic E-state index is 0.329. The molecule has 1 aliphatic rings. The van der Waals surface area contributed by atoms with Gasteiger partial charge in [0.25, 0.3) is 0 Å². The van der Waals surface area contributed by atoms with Crippen LogP contribution in [0.4, 0.5) is 0 Å². The van der Waals surface area contributed by atoms with E-state index in [2.05, 4.69) is 13.8 Å². The summed E-state index contributed by atoms with van der Waals surface area (Å²) in [5.74, 6) is 0. The fraction of sp³-hybridized carbons (Fsp3) is 1.00. The molecule has 0 bridgehead atoms. The van der Waals surface area contributed by atoms with E-state index in [-0.39, 0.29) is 0 Å². The van der Waals surface area contributed by atoms with E-state index >= 15 is 0 Å². The molecule has 0 amide bonds. The van der Waals surface area contributed by atoms with Gasteiger partial charge in [-0.1, -0.05) is 19.3 Å². The molecule has 1 saturated carbocycles. The highest BCUT2D eigenvalue weighted by Crippen LogP contribution is 2.19. The molecule has 0 atom stereocenters. The fourth-order valence-electron chi connectivity index (χ4n) is 1.73. The Labute approximate surface area is 81.6 Å². The summed E-state index contributed by atoms with van der Waals surface area (Å²) in [5.41, 5.74) is 0. The second-order valence-electron chi connectivity index (χ2n) is 4.05. The maximum atomic E-state index is 5.71. The Morgan fingerprint density at radius 2 is 1.77 bits per heavy atom. The highest BCUT2D eigenvalue weighted by atomic mass is 16.5. The summed E-state index contributed by atoms with van der Waals surface area (Å²) >= 11 is 0. The quantitative estimate of drug-likeness (QED) is 0.615. The van der Waals surface area contributed by atoms with Gasteiger partial charge in [0.2, 0.25) is 0 Å². The molecule has 2 heteroatoms. The van der Waals surface area contributed by atoms with Gasteiger partial charge in [0.15, 0.2) is 0 Å². The molecule has 0 heterocycles. The topological polar surface area (TPSA) is 18.5 Å². The molecule has 1 fully saturated rings. The summed E-state index contributed by atoms with van der Waals surface area (Å²) < 4.78 is 11.1. The largest absolute Gasteiger partial charge is 0.376 e. The van der Waals surface area contributed by atoms with Gasteiger partial charge >= 0.3 is 0 Å². The zero-order valence-corrected chi connectivity index (χ0v) is 8.92. The second kappa shape index (κ2) is 6.39. The molecule has 0 saturated heterocycles. The Morgan fingerprint density at radius 1 is 1.08 bits per heavy atom. The molecular formula is C11H22O2. The Kier molecular flexibility index (Phi) is 5.40. The van der Waals surface area contributed by atoms with Gasteiger partial charge < -0.3 is 9.47 Å². The summed E-state index contributed by atoms with van der Waals surface area (Å²) in [6.07, 6.45) is 7.43. The van der Waals surface area contributed by atoms with E-state index in [0.29, 0.717) is 12.2 Å². The molecule has 0 aromatic carbocycles. The van der Waals surface area contributed by atoms with Crippen molar-refractivity contribution in [1.82, 2.24) is 0 Å². The summed E-state index contributed by atoms with van der Waals surface area (Å²) in [7, 11) is 0. The molecule has 2 nitrogen and oxygen atoms in total. The van der Waals surface area contributed by atoms with E-state index in [1.54, 1.807) is 0 Å². The van der Waals surface area contributed by atoms with Gasteiger partial charge in [0.1, 0.15) is 0 Å². The van der Waals surface area contributed by atoms with Crippen LogP contribution in [0.3, 0.4) is 0 Å². The molecule has 0 aliphatic heterocycles. The lowest BCUT2D eigenvalue weighted by molar-refractivity contribution is -0.0239. The maximum Gasteiger partial charge on any atom is 0.0704 e. The van der Waals surface area contributed by atoms with Gasteiger partial charge in [-0.3, -0.25) is 0 Å². The first-order valence-electron chi connectivity index (χ1n) is 5.52. The van der Waals surface area contributed by atoms with E-state index in [1.807, 2.05) is 0 Å². The van der Waals surface area contributed by atoms with E-state index in [1.165, 1.54) is 32.1 Å². The Morgan fingerprint density at radius 3 is 2.38 bits per heavy atom. The van der Waals surface area contributed by atoms with Crippen molar-refractivity contribution in [2.75, 3.05) is 13.2 Å². The Bertz CT molecular complexity index is 117. The lowest BCUT2D eigenvalue weighted by atomic mass is 9.98. The molecule has 0 aromatic heterocycles. The summed E-state index contributed by atoms with van der Waals surface area (Å²) in [6, 6.07) is 0. The highest BCUT2D eigenvalue weighted by Gasteiger charge is 2.12. The number of hydrogen-bond donors (Lipinski definition) is 0. The minimum Gasteiger partial charge on any atom is -0.376 e. The zero-order valence-electron chi connectivity index (χ0n) is 8.92. The third-order valence-corrected chi connectivity index (χ3v) is 2.44. The molecule has 1 aliphatic carbocycles. The normalized spacial score (nSPS) is 19.6. The molecular weight excluding hydrogens is 164 g/mol. The molecule has 0 radical (unpaired) electrons. The lowest BCUT2D eigenvalue weighted by Crippen LogP contribution is -2.20. The van der Waals surface area contributed by atoms with Gasteiger partial charge in [-0.2, -0.15) is 0 Å². The summed E-state index contributed by atoms with van der Waals surface area (Å²) in [4.78, 5) is 0. The molecule has 1 rings (SSSR count). The van der Waals surface area contributed by atoms with Crippen molar-refractivity contribution >= 4 is 0 Å². The van der Waals surface area contributed by atoms with Crippen LogP contribution in [-0.2, 0) is 9.47 Å². The second-order valence-corrected chi connectivity index (χ2v) is 4.05. The van der Waals surface area contributed by atoms with Crippen molar-refractivity contribution in [3.63, 3.8) is 0 Å².